The summed E-state index contributed by atoms with van der Waals surface area (Å²) in [5, 5.41) is 0. The van der Waals surface area contributed by atoms with Crippen LogP contribution in [-0.4, -0.2) is 89.5 Å². The van der Waals surface area contributed by atoms with Gasteiger partial charge in [-0.1, -0.05) is 12.1 Å². The Kier molecular flexibility index (Phi) is 6.59. The number of aromatic nitrogens is 4. The topological polar surface area (TPSA) is 94.8 Å². The fourth-order valence-electron chi connectivity index (χ4n) is 4.97. The van der Waals surface area contributed by atoms with Crippen molar-refractivity contribution < 1.29 is 27.8 Å². The molecule has 0 aliphatic carbocycles. The Bertz CT molecular complexity index is 1270. The summed E-state index contributed by atoms with van der Waals surface area (Å²) < 4.78 is 46.2. The molecule has 10 nitrogen and oxygen atoms in total. The Morgan fingerprint density at radius 3 is 2.65 bits per heavy atom. The van der Waals surface area contributed by atoms with Gasteiger partial charge in [0.25, 0.3) is 6.43 Å². The second-order valence-corrected chi connectivity index (χ2v) is 9.54. The lowest BCUT2D eigenvalue weighted by Crippen LogP contribution is -2.54. The van der Waals surface area contributed by atoms with Crippen LogP contribution >= 0.6 is 0 Å². The summed E-state index contributed by atoms with van der Waals surface area (Å²) in [6, 6.07) is 8.54. The number of ether oxygens (including phenoxy) is 3. The number of imidazole rings is 1. The average Bonchev–Trinajstić information content (AvgIpc) is 3.57. The van der Waals surface area contributed by atoms with Crippen molar-refractivity contribution in [2.75, 3.05) is 64.1 Å². The molecule has 12 heteroatoms. The Labute approximate surface area is 212 Å². The molecule has 6 rings (SSSR count). The summed E-state index contributed by atoms with van der Waals surface area (Å²) in [4.78, 5) is 29.7. The van der Waals surface area contributed by atoms with Crippen molar-refractivity contribution in [3.63, 3.8) is 0 Å². The molecule has 0 radical (unpaired) electrons. The van der Waals surface area contributed by atoms with Crippen molar-refractivity contribution in [1.82, 2.24) is 24.4 Å². The summed E-state index contributed by atoms with van der Waals surface area (Å²) in [6.07, 6.45) is -2.02. The lowest BCUT2D eigenvalue weighted by Gasteiger charge is -2.40. The van der Waals surface area contributed by atoms with Crippen molar-refractivity contribution in [2.24, 2.45) is 11.8 Å². The number of halogens is 2. The molecule has 0 bridgehead atoms. The third-order valence-electron chi connectivity index (χ3n) is 7.00. The molecular formula is C25H28F2N6O4. The number of anilines is 1. The number of benzene rings is 1. The molecule has 3 saturated heterocycles. The highest BCUT2D eigenvalue weighted by atomic mass is 19.3. The van der Waals surface area contributed by atoms with Gasteiger partial charge in [-0.05, 0) is 18.6 Å². The quantitative estimate of drug-likeness (QED) is 0.475. The monoisotopic (exact) mass is 514 g/mol. The smallest absolute Gasteiger partial charge is 0.296 e. The van der Waals surface area contributed by atoms with E-state index in [1.807, 2.05) is 9.80 Å². The molecule has 3 aliphatic rings. The van der Waals surface area contributed by atoms with E-state index < -0.39 is 6.43 Å². The molecule has 1 atom stereocenters. The minimum atomic E-state index is -2.79. The van der Waals surface area contributed by atoms with Crippen LogP contribution in [0.15, 0.2) is 30.3 Å². The van der Waals surface area contributed by atoms with E-state index in [1.54, 1.807) is 30.3 Å². The van der Waals surface area contributed by atoms with Gasteiger partial charge < -0.3 is 24.0 Å². The maximum absolute atomic E-state index is 14.0. The van der Waals surface area contributed by atoms with E-state index in [1.165, 1.54) is 4.57 Å². The molecule has 3 aromatic rings. The van der Waals surface area contributed by atoms with Crippen LogP contribution in [0.25, 0.3) is 16.9 Å². The predicted octanol–water partition coefficient (Wildman–Crippen LogP) is 2.46. The number of hydrogen-bond acceptors (Lipinski definition) is 8. The van der Waals surface area contributed by atoms with Crippen LogP contribution in [0, 0.1) is 11.8 Å². The third kappa shape index (κ3) is 4.82. The lowest BCUT2D eigenvalue weighted by atomic mass is 9.97. The summed E-state index contributed by atoms with van der Waals surface area (Å²) >= 11 is 0. The summed E-state index contributed by atoms with van der Waals surface area (Å²) in [6.45, 7) is 4.94. The maximum Gasteiger partial charge on any atom is 0.296 e. The minimum Gasteiger partial charge on any atom is -0.477 e. The number of hydrogen-bond donors (Lipinski definition) is 0. The first kappa shape index (κ1) is 24.0. The normalized spacial score (nSPS) is 20.6. The summed E-state index contributed by atoms with van der Waals surface area (Å²) in [5.41, 5.74) is 0.984. The Morgan fingerprint density at radius 2 is 1.89 bits per heavy atom. The van der Waals surface area contributed by atoms with Crippen LogP contribution in [0.2, 0.25) is 0 Å². The number of fused-ring (bicyclic) bond motifs is 1. The summed E-state index contributed by atoms with van der Waals surface area (Å²) in [5.74, 6) is 0.821. The number of alkyl halides is 2. The van der Waals surface area contributed by atoms with Crippen LogP contribution < -0.4 is 9.64 Å². The van der Waals surface area contributed by atoms with Gasteiger partial charge in [0.2, 0.25) is 17.7 Å². The molecule has 3 fully saturated rings. The Balaban J connectivity index is 1.25. The standard InChI is InChI=1S/C25H28F2N6O4/c26-22(27)23-28-18-3-1-2-4-19(18)33(23)20-11-21(30-25(29-20)31-6-9-35-10-7-31)37-14-16-12-32(13-16)24(34)17-5-8-36-15-17/h1-4,11,16-17,22H,5-10,12-15H2. The van der Waals surface area contributed by atoms with Crippen LogP contribution in [0.3, 0.4) is 0 Å². The van der Waals surface area contributed by atoms with E-state index in [0.29, 0.717) is 82.1 Å². The highest BCUT2D eigenvalue weighted by Gasteiger charge is 2.36. The highest BCUT2D eigenvalue weighted by Crippen LogP contribution is 2.30. The third-order valence-corrected chi connectivity index (χ3v) is 7.00. The van der Waals surface area contributed by atoms with E-state index in [-0.39, 0.29) is 29.4 Å². The van der Waals surface area contributed by atoms with Gasteiger partial charge >= 0.3 is 0 Å². The van der Waals surface area contributed by atoms with Gasteiger partial charge in [-0.2, -0.15) is 9.97 Å². The highest BCUT2D eigenvalue weighted by molar-refractivity contribution is 5.80. The second-order valence-electron chi connectivity index (χ2n) is 9.54. The predicted molar refractivity (Wildman–Crippen MR) is 129 cm³/mol. The molecule has 196 valence electrons. The van der Waals surface area contributed by atoms with Crippen LogP contribution in [0.4, 0.5) is 14.7 Å². The zero-order valence-corrected chi connectivity index (χ0v) is 20.3. The molecule has 1 amide bonds. The molecule has 1 unspecified atom stereocenters. The molecule has 5 heterocycles. The van der Waals surface area contributed by atoms with Gasteiger partial charge in [0.05, 0.1) is 43.4 Å². The largest absolute Gasteiger partial charge is 0.477 e. The van der Waals surface area contributed by atoms with E-state index in [4.69, 9.17) is 14.2 Å². The fraction of sp³-hybridized carbons (Fsp3) is 0.520. The molecule has 37 heavy (non-hydrogen) atoms. The van der Waals surface area contributed by atoms with Gasteiger partial charge in [0.15, 0.2) is 5.82 Å². The molecule has 0 N–H and O–H groups in total. The molecule has 3 aliphatic heterocycles. The average molecular weight is 515 g/mol. The number of rotatable bonds is 7. The number of para-hydroxylation sites is 2. The van der Waals surface area contributed by atoms with Gasteiger partial charge in [-0.3, -0.25) is 9.36 Å². The lowest BCUT2D eigenvalue weighted by molar-refractivity contribution is -0.142. The number of morpholine rings is 1. The Morgan fingerprint density at radius 1 is 1.08 bits per heavy atom. The second kappa shape index (κ2) is 10.2. The molecular weight excluding hydrogens is 486 g/mol. The van der Waals surface area contributed by atoms with Gasteiger partial charge in [-0.15, -0.1) is 0 Å². The number of carbonyl (C=O) groups is 1. The summed E-state index contributed by atoms with van der Waals surface area (Å²) in [7, 11) is 0. The van der Waals surface area contributed by atoms with E-state index in [9.17, 15) is 13.6 Å². The van der Waals surface area contributed by atoms with Crippen LogP contribution in [0.5, 0.6) is 5.88 Å². The first-order chi connectivity index (χ1) is 18.1. The van der Waals surface area contributed by atoms with Crippen molar-refractivity contribution in [2.45, 2.75) is 12.8 Å². The first-order valence-corrected chi connectivity index (χ1v) is 12.5. The SMILES string of the molecule is O=C(C1CCOC1)N1CC(COc2cc(-n3c(C(F)F)nc4ccccc43)nc(N3CCOCC3)n2)C1. The van der Waals surface area contributed by atoms with E-state index >= 15 is 0 Å². The number of likely N-dealkylation sites (tertiary alicyclic amines) is 1. The van der Waals surface area contributed by atoms with Gasteiger partial charge in [0.1, 0.15) is 5.82 Å². The van der Waals surface area contributed by atoms with Crippen molar-refractivity contribution in [3.8, 4) is 11.7 Å². The van der Waals surface area contributed by atoms with E-state index in [0.717, 1.165) is 6.42 Å². The Hall–Kier alpha value is -3.38. The molecule has 0 spiro atoms. The molecule has 0 saturated carbocycles. The fourth-order valence-corrected chi connectivity index (χ4v) is 4.97. The molecule has 2 aromatic heterocycles. The van der Waals surface area contributed by atoms with Crippen LogP contribution in [0.1, 0.15) is 18.7 Å². The molecule has 1 aromatic carbocycles. The van der Waals surface area contributed by atoms with Crippen molar-refractivity contribution >= 4 is 22.9 Å². The minimum absolute atomic E-state index is 0.0450. The number of nitrogens with zero attached hydrogens (tertiary/aromatic N) is 6. The van der Waals surface area contributed by atoms with Crippen LogP contribution in [-0.2, 0) is 14.3 Å². The van der Waals surface area contributed by atoms with Crippen molar-refractivity contribution in [3.05, 3.63) is 36.2 Å². The van der Waals surface area contributed by atoms with Gasteiger partial charge in [-0.25, -0.2) is 13.8 Å². The maximum atomic E-state index is 14.0. The van der Waals surface area contributed by atoms with Crippen molar-refractivity contribution in [1.29, 1.82) is 0 Å². The van der Waals surface area contributed by atoms with Gasteiger partial charge in [0, 0.05) is 44.8 Å². The number of amides is 1. The first-order valence-electron chi connectivity index (χ1n) is 12.5. The zero-order valence-electron chi connectivity index (χ0n) is 20.3. The zero-order chi connectivity index (χ0) is 25.4. The number of carbonyl (C=O) groups excluding carboxylic acids is 1. The van der Waals surface area contributed by atoms with E-state index in [2.05, 4.69) is 15.0 Å².